The van der Waals surface area contributed by atoms with E-state index < -0.39 is 11.5 Å². The van der Waals surface area contributed by atoms with Crippen LogP contribution in [-0.4, -0.2) is 65.5 Å². The van der Waals surface area contributed by atoms with Crippen LogP contribution < -0.4 is 5.32 Å². The van der Waals surface area contributed by atoms with Crippen LogP contribution >= 0.6 is 0 Å². The molecule has 1 spiro atoms. The van der Waals surface area contributed by atoms with Gasteiger partial charge in [0.1, 0.15) is 5.82 Å². The first-order valence-corrected chi connectivity index (χ1v) is 12.2. The molecule has 180 valence electrons. The molecule has 2 aromatic rings. The van der Waals surface area contributed by atoms with Crippen LogP contribution in [0.3, 0.4) is 0 Å². The van der Waals surface area contributed by atoms with Crippen LogP contribution in [0.25, 0.3) is 0 Å². The van der Waals surface area contributed by atoms with E-state index in [2.05, 4.69) is 10.2 Å². The van der Waals surface area contributed by atoms with E-state index in [1.54, 1.807) is 0 Å². The zero-order valence-corrected chi connectivity index (χ0v) is 19.8. The van der Waals surface area contributed by atoms with Gasteiger partial charge in [0, 0.05) is 31.2 Å². The Morgan fingerprint density at radius 2 is 1.79 bits per heavy atom. The van der Waals surface area contributed by atoms with Crippen molar-refractivity contribution in [1.29, 1.82) is 0 Å². The summed E-state index contributed by atoms with van der Waals surface area (Å²) in [4.78, 5) is 31.8. The Labute approximate surface area is 200 Å². The largest absolute Gasteiger partial charge is 0.377 e. The van der Waals surface area contributed by atoms with Crippen molar-refractivity contribution in [3.05, 3.63) is 71.0 Å². The van der Waals surface area contributed by atoms with Gasteiger partial charge in [-0.05, 0) is 56.0 Å². The maximum absolute atomic E-state index is 13.8. The number of fused-ring (bicyclic) bond motifs is 1. The van der Waals surface area contributed by atoms with E-state index in [1.807, 2.05) is 55.1 Å². The van der Waals surface area contributed by atoms with Crippen LogP contribution in [0.15, 0.2) is 48.5 Å². The van der Waals surface area contributed by atoms with Crippen molar-refractivity contribution in [2.45, 2.75) is 56.8 Å². The molecule has 1 atom stereocenters. The molecule has 6 nitrogen and oxygen atoms in total. The molecule has 2 aromatic carbocycles. The maximum atomic E-state index is 13.8. The summed E-state index contributed by atoms with van der Waals surface area (Å²) in [6.07, 6.45) is 1.40. The fourth-order valence-electron chi connectivity index (χ4n) is 5.92. The molecule has 1 N–H and O–H groups in total. The average Bonchev–Trinajstić information content (AvgIpc) is 2.79. The molecule has 0 radical (unpaired) electrons. The fraction of sp³-hybridized carbons (Fsp3) is 0.481. The van der Waals surface area contributed by atoms with E-state index in [0.717, 1.165) is 30.8 Å². The van der Waals surface area contributed by atoms with Crippen molar-refractivity contribution < 1.29 is 18.7 Å². The first-order chi connectivity index (χ1) is 16.4. The van der Waals surface area contributed by atoms with Gasteiger partial charge in [0.15, 0.2) is 0 Å². The topological polar surface area (TPSA) is 61.9 Å². The fourth-order valence-corrected chi connectivity index (χ4v) is 5.92. The number of likely N-dealkylation sites (tertiary alicyclic amines) is 1. The number of rotatable bonds is 5. The number of nitrogens with zero attached hydrogens (tertiary/aromatic N) is 2. The number of hydrogen-bond donors (Lipinski definition) is 1. The number of benzene rings is 2. The minimum atomic E-state index is -0.590. The SMILES string of the molecule is CC(C)N1C(=O)c2ccccc2C(C(=O)NC2COC2)C12CCN(Cc1ccc(F)cc1)CC2. The second kappa shape index (κ2) is 9.12. The van der Waals surface area contributed by atoms with Crippen molar-refractivity contribution in [3.63, 3.8) is 0 Å². The molecular weight excluding hydrogens is 433 g/mol. The van der Waals surface area contributed by atoms with Gasteiger partial charge in [-0.1, -0.05) is 30.3 Å². The van der Waals surface area contributed by atoms with Gasteiger partial charge in [-0.3, -0.25) is 14.5 Å². The minimum Gasteiger partial charge on any atom is -0.377 e. The molecule has 3 heterocycles. The predicted octanol–water partition coefficient (Wildman–Crippen LogP) is 3.32. The molecule has 34 heavy (non-hydrogen) atoms. The predicted molar refractivity (Wildman–Crippen MR) is 127 cm³/mol. The number of piperidine rings is 1. The molecule has 2 saturated heterocycles. The summed E-state index contributed by atoms with van der Waals surface area (Å²) >= 11 is 0. The zero-order chi connectivity index (χ0) is 23.9. The summed E-state index contributed by atoms with van der Waals surface area (Å²) in [5.41, 5.74) is 1.92. The van der Waals surface area contributed by atoms with E-state index in [-0.39, 0.29) is 29.7 Å². The number of hydrogen-bond acceptors (Lipinski definition) is 4. The van der Waals surface area contributed by atoms with Gasteiger partial charge in [0.05, 0.1) is 30.7 Å². The molecule has 7 heteroatoms. The molecule has 5 rings (SSSR count). The van der Waals surface area contributed by atoms with Gasteiger partial charge in [-0.25, -0.2) is 4.39 Å². The van der Waals surface area contributed by atoms with Gasteiger partial charge < -0.3 is 15.0 Å². The third-order valence-electron chi connectivity index (χ3n) is 7.54. The quantitative estimate of drug-likeness (QED) is 0.736. The van der Waals surface area contributed by atoms with Gasteiger partial charge in [0.25, 0.3) is 5.91 Å². The number of halogens is 1. The van der Waals surface area contributed by atoms with Crippen molar-refractivity contribution in [1.82, 2.24) is 15.1 Å². The number of ether oxygens (including phenoxy) is 1. The van der Waals surface area contributed by atoms with Crippen molar-refractivity contribution in [3.8, 4) is 0 Å². The molecule has 3 aliphatic rings. The van der Waals surface area contributed by atoms with Gasteiger partial charge in [-0.15, -0.1) is 0 Å². The average molecular weight is 466 g/mol. The Bertz CT molecular complexity index is 1060. The van der Waals surface area contributed by atoms with Crippen LogP contribution in [0.4, 0.5) is 4.39 Å². The van der Waals surface area contributed by atoms with Crippen molar-refractivity contribution in [2.24, 2.45) is 0 Å². The highest BCUT2D eigenvalue weighted by atomic mass is 19.1. The summed E-state index contributed by atoms with van der Waals surface area (Å²) < 4.78 is 18.6. The van der Waals surface area contributed by atoms with E-state index in [0.29, 0.717) is 31.6 Å². The normalized spacial score (nSPS) is 22.5. The second-order valence-electron chi connectivity index (χ2n) is 10.0. The molecule has 3 aliphatic heterocycles. The first kappa shape index (κ1) is 23.0. The van der Waals surface area contributed by atoms with Crippen LogP contribution in [0.1, 0.15) is 54.1 Å². The van der Waals surface area contributed by atoms with E-state index in [1.165, 1.54) is 12.1 Å². The third kappa shape index (κ3) is 4.01. The number of carbonyl (C=O) groups excluding carboxylic acids is 2. The lowest BCUT2D eigenvalue weighted by Crippen LogP contribution is -2.67. The molecule has 2 fully saturated rings. The van der Waals surface area contributed by atoms with Crippen molar-refractivity contribution in [2.75, 3.05) is 26.3 Å². The Kier molecular flexibility index (Phi) is 6.16. The number of nitrogens with one attached hydrogen (secondary N) is 1. The van der Waals surface area contributed by atoms with Crippen molar-refractivity contribution >= 4 is 11.8 Å². The standard InChI is InChI=1S/C27H32FN3O3/c1-18(2)31-26(33)23-6-4-3-5-22(23)24(25(32)29-21-16-34-17-21)27(31)11-13-30(14-12-27)15-19-7-9-20(28)10-8-19/h3-10,18,21,24H,11-17H2,1-2H3,(H,29,32). The van der Waals surface area contributed by atoms with Gasteiger partial charge >= 0.3 is 0 Å². The highest BCUT2D eigenvalue weighted by Crippen LogP contribution is 2.48. The van der Waals surface area contributed by atoms with E-state index in [4.69, 9.17) is 4.74 Å². The van der Waals surface area contributed by atoms with E-state index >= 15 is 0 Å². The summed E-state index contributed by atoms with van der Waals surface area (Å²) in [7, 11) is 0. The van der Waals surface area contributed by atoms with Crippen LogP contribution in [-0.2, 0) is 16.1 Å². The molecule has 0 saturated carbocycles. The lowest BCUT2D eigenvalue weighted by Gasteiger charge is -2.56. The van der Waals surface area contributed by atoms with Crippen LogP contribution in [0, 0.1) is 5.82 Å². The summed E-state index contributed by atoms with van der Waals surface area (Å²) in [5.74, 6) is -0.684. The summed E-state index contributed by atoms with van der Waals surface area (Å²) in [6.45, 7) is 7.37. The summed E-state index contributed by atoms with van der Waals surface area (Å²) in [5, 5.41) is 3.18. The number of amides is 2. The highest BCUT2D eigenvalue weighted by Gasteiger charge is 2.56. The molecule has 0 aromatic heterocycles. The second-order valence-corrected chi connectivity index (χ2v) is 10.0. The molecule has 0 bridgehead atoms. The smallest absolute Gasteiger partial charge is 0.254 e. The zero-order valence-electron chi connectivity index (χ0n) is 19.8. The Morgan fingerprint density at radius 3 is 2.41 bits per heavy atom. The molecule has 1 unspecified atom stereocenters. The maximum Gasteiger partial charge on any atom is 0.254 e. The summed E-state index contributed by atoms with van der Waals surface area (Å²) in [6, 6.07) is 14.2. The minimum absolute atomic E-state index is 0.00797. The first-order valence-electron chi connectivity index (χ1n) is 12.2. The molecule has 0 aliphatic carbocycles. The van der Waals surface area contributed by atoms with E-state index in [9.17, 15) is 14.0 Å². The monoisotopic (exact) mass is 465 g/mol. The Hall–Kier alpha value is -2.77. The Balaban J connectivity index is 1.47. The van der Waals surface area contributed by atoms with Crippen LogP contribution in [0.5, 0.6) is 0 Å². The lowest BCUT2D eigenvalue weighted by molar-refractivity contribution is -0.132. The molecular formula is C27H32FN3O3. The van der Waals surface area contributed by atoms with Gasteiger partial charge in [0.2, 0.25) is 5.91 Å². The van der Waals surface area contributed by atoms with Crippen LogP contribution in [0.2, 0.25) is 0 Å². The molecule has 2 amide bonds. The van der Waals surface area contributed by atoms with Gasteiger partial charge in [-0.2, -0.15) is 0 Å². The lowest BCUT2D eigenvalue weighted by atomic mass is 9.66. The Morgan fingerprint density at radius 1 is 1.12 bits per heavy atom. The highest BCUT2D eigenvalue weighted by molar-refractivity contribution is 6.02. The number of carbonyl (C=O) groups is 2. The third-order valence-corrected chi connectivity index (χ3v) is 7.54.